The van der Waals surface area contributed by atoms with Crippen LogP contribution in [0.2, 0.25) is 0 Å². The van der Waals surface area contributed by atoms with Crippen molar-refractivity contribution in [3.8, 4) is 0 Å². The van der Waals surface area contributed by atoms with Crippen molar-refractivity contribution in [2.75, 3.05) is 19.3 Å². The lowest BCUT2D eigenvalue weighted by molar-refractivity contribution is -0.130. The number of carbonyl (C=O) groups is 1. The molecular formula is C9H18N2OS. The summed E-state index contributed by atoms with van der Waals surface area (Å²) in [6.07, 6.45) is 2.21. The van der Waals surface area contributed by atoms with E-state index in [-0.39, 0.29) is 17.2 Å². The summed E-state index contributed by atoms with van der Waals surface area (Å²) in [6, 6.07) is 0.161. The molecule has 4 heteroatoms. The molecule has 1 aliphatic heterocycles. The van der Waals surface area contributed by atoms with Gasteiger partial charge in [0.2, 0.25) is 5.91 Å². The second-order valence-corrected chi connectivity index (χ2v) is 4.85. The van der Waals surface area contributed by atoms with Crippen molar-refractivity contribution in [1.29, 1.82) is 0 Å². The van der Waals surface area contributed by atoms with Crippen LogP contribution in [0.25, 0.3) is 0 Å². The molecule has 2 atom stereocenters. The second kappa shape index (κ2) is 4.86. The minimum atomic E-state index is 0.161. The van der Waals surface area contributed by atoms with Crippen LogP contribution in [0.4, 0.5) is 0 Å². The van der Waals surface area contributed by atoms with Gasteiger partial charge in [-0.05, 0) is 25.5 Å². The molecule has 0 aromatic heterocycles. The summed E-state index contributed by atoms with van der Waals surface area (Å²) in [6.45, 7) is 2.52. The lowest BCUT2D eigenvalue weighted by Crippen LogP contribution is -2.43. The van der Waals surface area contributed by atoms with Crippen LogP contribution in [0, 0.1) is 0 Å². The van der Waals surface area contributed by atoms with Gasteiger partial charge >= 0.3 is 0 Å². The Bertz CT molecular complexity index is 180. The molecule has 0 saturated carbocycles. The van der Waals surface area contributed by atoms with Crippen LogP contribution in [0.3, 0.4) is 0 Å². The van der Waals surface area contributed by atoms with E-state index in [2.05, 4.69) is 0 Å². The van der Waals surface area contributed by atoms with Crippen molar-refractivity contribution >= 4 is 17.7 Å². The van der Waals surface area contributed by atoms with Gasteiger partial charge in [0, 0.05) is 19.6 Å². The monoisotopic (exact) mass is 202 g/mol. The molecule has 2 unspecified atom stereocenters. The number of hydrogen-bond acceptors (Lipinski definition) is 3. The highest BCUT2D eigenvalue weighted by atomic mass is 32.2. The average Bonchev–Trinajstić information content (AvgIpc) is 2.67. The minimum Gasteiger partial charge on any atom is -0.341 e. The Morgan fingerprint density at radius 2 is 2.46 bits per heavy atom. The van der Waals surface area contributed by atoms with Gasteiger partial charge in [-0.15, -0.1) is 11.8 Å². The number of amides is 1. The first-order valence-electron chi connectivity index (χ1n) is 4.75. The largest absolute Gasteiger partial charge is 0.341 e. The summed E-state index contributed by atoms with van der Waals surface area (Å²) in [7, 11) is 1.85. The molecule has 1 aliphatic rings. The van der Waals surface area contributed by atoms with Crippen LogP contribution < -0.4 is 5.73 Å². The SMILES string of the molecule is CC(CN)N(C)C(=O)C1CCCS1. The fourth-order valence-corrected chi connectivity index (χ4v) is 2.63. The van der Waals surface area contributed by atoms with Crippen molar-refractivity contribution in [2.24, 2.45) is 5.73 Å². The third kappa shape index (κ3) is 2.61. The molecular weight excluding hydrogens is 184 g/mol. The quantitative estimate of drug-likeness (QED) is 0.732. The summed E-state index contributed by atoms with van der Waals surface area (Å²) in [4.78, 5) is 13.6. The first-order chi connectivity index (χ1) is 6.16. The second-order valence-electron chi connectivity index (χ2n) is 3.54. The molecule has 1 heterocycles. The number of likely N-dealkylation sites (N-methyl/N-ethyl adjacent to an activating group) is 1. The number of rotatable bonds is 3. The number of hydrogen-bond donors (Lipinski definition) is 1. The van der Waals surface area contributed by atoms with E-state index in [9.17, 15) is 4.79 Å². The van der Waals surface area contributed by atoms with E-state index in [1.54, 1.807) is 16.7 Å². The zero-order valence-corrected chi connectivity index (χ0v) is 9.14. The van der Waals surface area contributed by atoms with Crippen molar-refractivity contribution in [3.63, 3.8) is 0 Å². The third-order valence-corrected chi connectivity index (χ3v) is 3.92. The number of nitrogens with zero attached hydrogens (tertiary/aromatic N) is 1. The molecule has 3 nitrogen and oxygen atoms in total. The van der Waals surface area contributed by atoms with Crippen molar-refractivity contribution in [1.82, 2.24) is 4.90 Å². The summed E-state index contributed by atoms with van der Waals surface area (Å²) in [5.74, 6) is 1.38. The minimum absolute atomic E-state index is 0.161. The molecule has 0 spiro atoms. The van der Waals surface area contributed by atoms with E-state index >= 15 is 0 Å². The van der Waals surface area contributed by atoms with Gasteiger partial charge in [0.15, 0.2) is 0 Å². The maximum absolute atomic E-state index is 11.8. The Morgan fingerprint density at radius 3 is 2.92 bits per heavy atom. The van der Waals surface area contributed by atoms with Gasteiger partial charge in [0.1, 0.15) is 0 Å². The number of nitrogens with two attached hydrogens (primary N) is 1. The average molecular weight is 202 g/mol. The van der Waals surface area contributed by atoms with E-state index < -0.39 is 0 Å². The normalized spacial score (nSPS) is 24.4. The molecule has 0 aliphatic carbocycles. The maximum Gasteiger partial charge on any atom is 0.235 e. The Morgan fingerprint density at radius 1 is 1.77 bits per heavy atom. The Labute approximate surface area is 84.0 Å². The van der Waals surface area contributed by atoms with E-state index in [0.717, 1.165) is 12.2 Å². The van der Waals surface area contributed by atoms with Crippen LogP contribution >= 0.6 is 11.8 Å². The van der Waals surface area contributed by atoms with Gasteiger partial charge in [0.05, 0.1) is 5.25 Å². The zero-order chi connectivity index (χ0) is 9.84. The topological polar surface area (TPSA) is 46.3 Å². The molecule has 1 saturated heterocycles. The molecule has 1 rings (SSSR count). The molecule has 2 N–H and O–H groups in total. The lowest BCUT2D eigenvalue weighted by Gasteiger charge is -2.26. The maximum atomic E-state index is 11.8. The van der Waals surface area contributed by atoms with Gasteiger partial charge in [-0.25, -0.2) is 0 Å². The molecule has 0 aromatic carbocycles. The number of carbonyl (C=O) groups excluding carboxylic acids is 1. The standard InChI is InChI=1S/C9H18N2OS/c1-7(6-10)11(2)9(12)8-4-3-5-13-8/h7-8H,3-6,10H2,1-2H3. The van der Waals surface area contributed by atoms with Gasteiger partial charge in [-0.3, -0.25) is 4.79 Å². The summed E-state index contributed by atoms with van der Waals surface area (Å²) in [5, 5.41) is 0.194. The smallest absolute Gasteiger partial charge is 0.235 e. The molecule has 0 radical (unpaired) electrons. The predicted octanol–water partition coefficient (Wildman–Crippen LogP) is 0.688. The first-order valence-corrected chi connectivity index (χ1v) is 5.80. The Kier molecular flexibility index (Phi) is 4.06. The van der Waals surface area contributed by atoms with Gasteiger partial charge < -0.3 is 10.6 Å². The molecule has 0 bridgehead atoms. The molecule has 76 valence electrons. The summed E-state index contributed by atoms with van der Waals surface area (Å²) in [5.41, 5.74) is 5.51. The molecule has 1 amide bonds. The summed E-state index contributed by atoms with van der Waals surface area (Å²) < 4.78 is 0. The third-order valence-electron chi connectivity index (χ3n) is 2.56. The molecule has 0 aromatic rings. The van der Waals surface area contributed by atoms with Crippen LogP contribution in [-0.4, -0.2) is 41.4 Å². The first kappa shape index (κ1) is 10.9. The highest BCUT2D eigenvalue weighted by Crippen LogP contribution is 2.27. The fraction of sp³-hybridized carbons (Fsp3) is 0.889. The predicted molar refractivity (Wildman–Crippen MR) is 56.8 cm³/mol. The van der Waals surface area contributed by atoms with E-state index in [1.165, 1.54) is 6.42 Å². The van der Waals surface area contributed by atoms with Crippen molar-refractivity contribution in [2.45, 2.75) is 31.1 Å². The fourth-order valence-electron chi connectivity index (χ4n) is 1.37. The van der Waals surface area contributed by atoms with E-state index in [4.69, 9.17) is 5.73 Å². The highest BCUT2D eigenvalue weighted by Gasteiger charge is 2.27. The summed E-state index contributed by atoms with van der Waals surface area (Å²) >= 11 is 1.77. The van der Waals surface area contributed by atoms with E-state index in [1.807, 2.05) is 14.0 Å². The van der Waals surface area contributed by atoms with E-state index in [0.29, 0.717) is 6.54 Å². The number of thioether (sulfide) groups is 1. The van der Waals surface area contributed by atoms with Crippen molar-refractivity contribution in [3.05, 3.63) is 0 Å². The molecule has 1 fully saturated rings. The zero-order valence-electron chi connectivity index (χ0n) is 8.32. The van der Waals surface area contributed by atoms with Gasteiger partial charge in [-0.2, -0.15) is 0 Å². The Balaban J connectivity index is 2.45. The Hall–Kier alpha value is -0.220. The van der Waals surface area contributed by atoms with Gasteiger partial charge in [0.25, 0.3) is 0 Å². The van der Waals surface area contributed by atoms with Crippen LogP contribution in [0.5, 0.6) is 0 Å². The highest BCUT2D eigenvalue weighted by molar-refractivity contribution is 8.00. The van der Waals surface area contributed by atoms with Crippen molar-refractivity contribution < 1.29 is 4.79 Å². The van der Waals surface area contributed by atoms with Crippen LogP contribution in [-0.2, 0) is 4.79 Å². The van der Waals surface area contributed by atoms with Crippen LogP contribution in [0.1, 0.15) is 19.8 Å². The van der Waals surface area contributed by atoms with Gasteiger partial charge in [-0.1, -0.05) is 0 Å². The van der Waals surface area contributed by atoms with Crippen LogP contribution in [0.15, 0.2) is 0 Å². The molecule has 13 heavy (non-hydrogen) atoms. The lowest BCUT2D eigenvalue weighted by atomic mass is 10.2.